The number of benzene rings is 1. The van der Waals surface area contributed by atoms with Crippen molar-refractivity contribution < 1.29 is 4.79 Å². The summed E-state index contributed by atoms with van der Waals surface area (Å²) in [6.07, 6.45) is 9.05. The van der Waals surface area contributed by atoms with Crippen LogP contribution in [0.3, 0.4) is 0 Å². The van der Waals surface area contributed by atoms with E-state index in [-0.39, 0.29) is 16.7 Å². The third-order valence-corrected chi connectivity index (χ3v) is 5.69. The van der Waals surface area contributed by atoms with Crippen LogP contribution >= 0.6 is 0 Å². The number of carbonyl (C=O) groups excluding carboxylic acids is 1. The monoisotopic (exact) mass is 310 g/mol. The second kappa shape index (κ2) is 5.48. The topological polar surface area (TPSA) is 59.8 Å². The maximum atomic E-state index is 13.1. The molecule has 120 valence electrons. The zero-order valence-corrected chi connectivity index (χ0v) is 13.2. The molecule has 2 aromatic rings. The van der Waals surface area contributed by atoms with Gasteiger partial charge in [-0.2, -0.15) is 5.10 Å². The molecule has 0 saturated heterocycles. The van der Waals surface area contributed by atoms with Gasteiger partial charge in [0.05, 0.1) is 12.0 Å². The molecule has 5 heteroatoms. The minimum Gasteiger partial charge on any atom is -0.353 e. The molecule has 0 bridgehead atoms. The summed E-state index contributed by atoms with van der Waals surface area (Å²) in [7, 11) is 0. The molecular formula is C18H22N4O. The number of rotatable bonds is 5. The van der Waals surface area contributed by atoms with Crippen LogP contribution in [0.25, 0.3) is 0 Å². The van der Waals surface area contributed by atoms with Gasteiger partial charge in [-0.3, -0.25) is 9.48 Å². The highest BCUT2D eigenvalue weighted by Crippen LogP contribution is 2.72. The number of carbonyl (C=O) groups is 1. The number of hydrogen-bond acceptors (Lipinski definition) is 3. The van der Waals surface area contributed by atoms with Crippen molar-refractivity contribution in [2.45, 2.75) is 44.1 Å². The van der Waals surface area contributed by atoms with Gasteiger partial charge in [0.1, 0.15) is 12.7 Å². The van der Waals surface area contributed by atoms with Gasteiger partial charge in [0, 0.05) is 6.54 Å². The number of amides is 1. The van der Waals surface area contributed by atoms with Gasteiger partial charge in [-0.15, -0.1) is 0 Å². The second-order valence-electron chi connectivity index (χ2n) is 6.85. The van der Waals surface area contributed by atoms with Gasteiger partial charge in [-0.05, 0) is 30.2 Å². The van der Waals surface area contributed by atoms with Gasteiger partial charge in [0.2, 0.25) is 5.91 Å². The van der Waals surface area contributed by atoms with Gasteiger partial charge >= 0.3 is 0 Å². The maximum absolute atomic E-state index is 13.1. The average Bonchev–Trinajstić information content (AvgIpc) is 2.93. The molecule has 1 heterocycles. The van der Waals surface area contributed by atoms with Crippen molar-refractivity contribution >= 4 is 5.91 Å². The Labute approximate surface area is 136 Å². The minimum atomic E-state index is -0.312. The first-order chi connectivity index (χ1) is 11.3. The Morgan fingerprint density at radius 1 is 1.22 bits per heavy atom. The summed E-state index contributed by atoms with van der Waals surface area (Å²) in [6, 6.07) is 10.3. The Kier molecular flexibility index (Phi) is 3.43. The highest BCUT2D eigenvalue weighted by Gasteiger charge is 2.72. The van der Waals surface area contributed by atoms with Crippen LogP contribution in [0.1, 0.15) is 37.7 Å². The van der Waals surface area contributed by atoms with E-state index in [0.717, 1.165) is 6.42 Å². The van der Waals surface area contributed by atoms with Crippen molar-refractivity contribution in [3.05, 3.63) is 48.5 Å². The minimum absolute atomic E-state index is 0.186. The lowest BCUT2D eigenvalue weighted by Crippen LogP contribution is -2.39. The van der Waals surface area contributed by atoms with Gasteiger partial charge in [0.25, 0.3) is 0 Å². The van der Waals surface area contributed by atoms with Crippen LogP contribution in [0.15, 0.2) is 43.0 Å². The van der Waals surface area contributed by atoms with E-state index in [4.69, 9.17) is 0 Å². The van der Waals surface area contributed by atoms with Crippen LogP contribution in [0.5, 0.6) is 0 Å². The predicted octanol–water partition coefficient (Wildman–Crippen LogP) is 2.30. The first-order valence-electron chi connectivity index (χ1n) is 8.43. The summed E-state index contributed by atoms with van der Waals surface area (Å²) < 4.78 is 1.74. The Balaban J connectivity index is 1.51. The van der Waals surface area contributed by atoms with Crippen molar-refractivity contribution in [1.29, 1.82) is 0 Å². The van der Waals surface area contributed by atoms with E-state index in [1.165, 1.54) is 37.6 Å². The summed E-state index contributed by atoms with van der Waals surface area (Å²) in [5.74, 6) is 0.186. The van der Waals surface area contributed by atoms with Crippen molar-refractivity contribution in [1.82, 2.24) is 20.1 Å². The van der Waals surface area contributed by atoms with Gasteiger partial charge in [-0.1, -0.05) is 43.2 Å². The molecule has 2 saturated carbocycles. The Morgan fingerprint density at radius 3 is 2.70 bits per heavy atom. The van der Waals surface area contributed by atoms with Crippen LogP contribution < -0.4 is 5.32 Å². The van der Waals surface area contributed by atoms with Crippen molar-refractivity contribution in [3.8, 4) is 0 Å². The van der Waals surface area contributed by atoms with Crippen LogP contribution in [0, 0.1) is 5.41 Å². The highest BCUT2D eigenvalue weighted by atomic mass is 16.2. The number of aromatic nitrogens is 3. The number of nitrogens with one attached hydrogen (secondary N) is 1. The van der Waals surface area contributed by atoms with Gasteiger partial charge in [0.15, 0.2) is 0 Å². The third-order valence-electron chi connectivity index (χ3n) is 5.69. The molecule has 0 aliphatic heterocycles. The molecule has 23 heavy (non-hydrogen) atoms. The quantitative estimate of drug-likeness (QED) is 0.922. The van der Waals surface area contributed by atoms with E-state index in [1.807, 2.05) is 18.2 Å². The summed E-state index contributed by atoms with van der Waals surface area (Å²) in [6.45, 7) is 1.25. The van der Waals surface area contributed by atoms with Crippen LogP contribution in [0.4, 0.5) is 0 Å². The standard InChI is InChI=1S/C18H22N4O/c23-16(20-10-11-22-14-19-13-21-22)18(15-6-2-1-3-7-15)12-17(18)8-4-5-9-17/h1-3,6-7,13-14H,4-5,8-12H2,(H,20,23). The fourth-order valence-corrected chi connectivity index (χ4v) is 4.48. The zero-order chi connectivity index (χ0) is 15.8. The average molecular weight is 310 g/mol. The number of nitrogens with zero attached hydrogens (tertiary/aromatic N) is 3. The van der Waals surface area contributed by atoms with Crippen molar-refractivity contribution in [2.75, 3.05) is 6.54 Å². The molecule has 2 fully saturated rings. The summed E-state index contributed by atoms with van der Waals surface area (Å²) in [5.41, 5.74) is 1.07. The summed E-state index contributed by atoms with van der Waals surface area (Å²) in [4.78, 5) is 17.0. The lowest BCUT2D eigenvalue weighted by Gasteiger charge is -2.22. The Bertz CT molecular complexity index is 676. The zero-order valence-electron chi connectivity index (χ0n) is 13.2. The molecule has 1 unspecified atom stereocenters. The van der Waals surface area contributed by atoms with E-state index in [9.17, 15) is 4.79 Å². The molecule has 1 spiro atoms. The summed E-state index contributed by atoms with van der Waals surface area (Å²) >= 11 is 0. The smallest absolute Gasteiger partial charge is 0.231 e. The molecule has 2 aliphatic rings. The molecule has 1 aromatic heterocycles. The van der Waals surface area contributed by atoms with Gasteiger partial charge < -0.3 is 5.32 Å². The summed E-state index contributed by atoms with van der Waals surface area (Å²) in [5, 5.41) is 7.22. The molecule has 1 amide bonds. The first-order valence-corrected chi connectivity index (χ1v) is 8.43. The van der Waals surface area contributed by atoms with Crippen molar-refractivity contribution in [3.63, 3.8) is 0 Å². The Morgan fingerprint density at radius 2 is 2.00 bits per heavy atom. The molecule has 4 rings (SSSR count). The first kappa shape index (κ1) is 14.4. The van der Waals surface area contributed by atoms with Crippen molar-refractivity contribution in [2.24, 2.45) is 5.41 Å². The predicted molar refractivity (Wildman–Crippen MR) is 86.7 cm³/mol. The molecule has 1 N–H and O–H groups in total. The SMILES string of the molecule is O=C(NCCn1cncn1)C1(c2ccccc2)CC12CCCC2. The molecule has 2 aliphatic carbocycles. The normalized spacial score (nSPS) is 24.7. The van der Waals surface area contributed by atoms with E-state index in [2.05, 4.69) is 27.5 Å². The van der Waals surface area contributed by atoms with Crippen LogP contribution in [-0.2, 0) is 16.8 Å². The van der Waals surface area contributed by atoms with E-state index in [1.54, 1.807) is 11.0 Å². The second-order valence-corrected chi connectivity index (χ2v) is 6.85. The molecule has 5 nitrogen and oxygen atoms in total. The molecule has 0 radical (unpaired) electrons. The molecule has 1 atom stereocenters. The lowest BCUT2D eigenvalue weighted by atomic mass is 9.84. The van der Waals surface area contributed by atoms with E-state index < -0.39 is 0 Å². The Hall–Kier alpha value is -2.17. The number of hydrogen-bond donors (Lipinski definition) is 1. The van der Waals surface area contributed by atoms with Gasteiger partial charge in [-0.25, -0.2) is 4.98 Å². The fraction of sp³-hybridized carbons (Fsp3) is 0.500. The van der Waals surface area contributed by atoms with Crippen LogP contribution in [-0.4, -0.2) is 27.2 Å². The van der Waals surface area contributed by atoms with E-state index >= 15 is 0 Å². The van der Waals surface area contributed by atoms with E-state index in [0.29, 0.717) is 13.1 Å². The molecular weight excluding hydrogens is 288 g/mol. The maximum Gasteiger partial charge on any atom is 0.231 e. The highest BCUT2D eigenvalue weighted by molar-refractivity contribution is 5.93. The molecule has 1 aromatic carbocycles. The van der Waals surface area contributed by atoms with Crippen LogP contribution in [0.2, 0.25) is 0 Å². The third kappa shape index (κ3) is 2.26. The fourth-order valence-electron chi connectivity index (χ4n) is 4.48. The lowest BCUT2D eigenvalue weighted by molar-refractivity contribution is -0.124. The largest absolute Gasteiger partial charge is 0.353 e.